The maximum atomic E-state index is 6.14. The molecule has 2 atom stereocenters. The monoisotopic (exact) mass is 278 g/mol. The van der Waals surface area contributed by atoms with Gasteiger partial charge in [0.25, 0.3) is 0 Å². The number of thioether (sulfide) groups is 1. The quantitative estimate of drug-likeness (QED) is 0.898. The molecule has 1 aromatic rings. The van der Waals surface area contributed by atoms with E-state index in [1.807, 2.05) is 0 Å². The summed E-state index contributed by atoms with van der Waals surface area (Å²) in [6.45, 7) is 4.20. The fraction of sp³-hybridized carbons (Fsp3) is 0.625. The lowest BCUT2D eigenvalue weighted by Crippen LogP contribution is -2.59. The zero-order valence-electron chi connectivity index (χ0n) is 12.1. The normalized spacial score (nSPS) is 27.7. The average Bonchev–Trinajstić information content (AvgIpc) is 2.46. The van der Waals surface area contributed by atoms with Crippen LogP contribution in [0.1, 0.15) is 25.3 Å². The average molecular weight is 278 g/mol. The van der Waals surface area contributed by atoms with Crippen molar-refractivity contribution in [2.75, 3.05) is 25.9 Å². The Labute approximate surface area is 121 Å². The molecular formula is C16H26N2S. The summed E-state index contributed by atoms with van der Waals surface area (Å²) in [5.74, 6) is 1.29. The van der Waals surface area contributed by atoms with Crippen LogP contribution in [-0.2, 0) is 6.42 Å². The molecule has 1 aliphatic rings. The summed E-state index contributed by atoms with van der Waals surface area (Å²) in [7, 11) is 2.25. The highest BCUT2D eigenvalue weighted by Gasteiger charge is 2.40. The molecular weight excluding hydrogens is 252 g/mol. The van der Waals surface area contributed by atoms with Crippen molar-refractivity contribution in [1.82, 2.24) is 4.90 Å². The number of nitrogens with two attached hydrogens (primary N) is 1. The van der Waals surface area contributed by atoms with Crippen molar-refractivity contribution < 1.29 is 0 Å². The fourth-order valence-corrected chi connectivity index (χ4v) is 4.45. The maximum absolute atomic E-state index is 6.14. The summed E-state index contributed by atoms with van der Waals surface area (Å²) in [6.07, 6.45) is 3.64. The van der Waals surface area contributed by atoms with Gasteiger partial charge in [0.1, 0.15) is 0 Å². The van der Waals surface area contributed by atoms with Crippen molar-refractivity contribution in [3.63, 3.8) is 0 Å². The second-order valence-electron chi connectivity index (χ2n) is 5.58. The molecule has 1 heterocycles. The van der Waals surface area contributed by atoms with E-state index in [-0.39, 0.29) is 5.54 Å². The number of nitrogens with zero attached hydrogens (tertiary/aromatic N) is 1. The minimum atomic E-state index is 0.192. The van der Waals surface area contributed by atoms with Gasteiger partial charge in [-0.1, -0.05) is 37.3 Å². The SMILES string of the molecule is CC1SCCCC1(CN)N(C)CCc1ccccc1. The summed E-state index contributed by atoms with van der Waals surface area (Å²) in [5, 5.41) is 0.632. The molecule has 2 nitrogen and oxygen atoms in total. The summed E-state index contributed by atoms with van der Waals surface area (Å²) >= 11 is 2.08. The van der Waals surface area contributed by atoms with E-state index >= 15 is 0 Å². The summed E-state index contributed by atoms with van der Waals surface area (Å²) in [4.78, 5) is 2.51. The number of benzene rings is 1. The summed E-state index contributed by atoms with van der Waals surface area (Å²) in [6, 6.07) is 10.7. The van der Waals surface area contributed by atoms with Crippen molar-refractivity contribution in [2.45, 2.75) is 37.0 Å². The van der Waals surface area contributed by atoms with Crippen LogP contribution >= 0.6 is 11.8 Å². The van der Waals surface area contributed by atoms with Crippen molar-refractivity contribution in [3.8, 4) is 0 Å². The Bertz CT molecular complexity index is 382. The molecule has 0 spiro atoms. The van der Waals surface area contributed by atoms with Crippen LogP contribution < -0.4 is 5.73 Å². The first-order chi connectivity index (χ1) is 9.19. The lowest BCUT2D eigenvalue weighted by atomic mass is 9.87. The molecule has 0 radical (unpaired) electrons. The summed E-state index contributed by atoms with van der Waals surface area (Å²) < 4.78 is 0. The Morgan fingerprint density at radius 2 is 2.11 bits per heavy atom. The van der Waals surface area contributed by atoms with Crippen LogP contribution in [0.25, 0.3) is 0 Å². The predicted octanol–water partition coefficient (Wildman–Crippen LogP) is 2.77. The molecule has 2 rings (SSSR count). The van der Waals surface area contributed by atoms with Gasteiger partial charge in [-0.15, -0.1) is 0 Å². The first kappa shape index (κ1) is 14.9. The van der Waals surface area contributed by atoms with Gasteiger partial charge >= 0.3 is 0 Å². The highest BCUT2D eigenvalue weighted by molar-refractivity contribution is 8.00. The maximum Gasteiger partial charge on any atom is 0.0444 e. The molecule has 106 valence electrons. The van der Waals surface area contributed by atoms with E-state index in [0.717, 1.165) is 19.5 Å². The first-order valence-corrected chi connectivity index (χ1v) is 8.31. The largest absolute Gasteiger partial charge is 0.329 e. The molecule has 0 bridgehead atoms. The fourth-order valence-electron chi connectivity index (χ4n) is 3.09. The van der Waals surface area contributed by atoms with Crippen LogP contribution in [0, 0.1) is 0 Å². The highest BCUT2D eigenvalue weighted by atomic mass is 32.2. The van der Waals surface area contributed by atoms with Gasteiger partial charge < -0.3 is 5.73 Å². The second kappa shape index (κ2) is 6.78. The third-order valence-corrected chi connectivity index (χ3v) is 6.03. The number of likely N-dealkylation sites (N-methyl/N-ethyl adjacent to an activating group) is 1. The molecule has 1 aliphatic heterocycles. The van der Waals surface area contributed by atoms with Crippen LogP contribution in [0.15, 0.2) is 30.3 Å². The Hall–Kier alpha value is -0.510. The van der Waals surface area contributed by atoms with Gasteiger partial charge in [0.05, 0.1) is 0 Å². The third kappa shape index (κ3) is 3.33. The molecule has 3 heteroatoms. The van der Waals surface area contributed by atoms with Crippen LogP contribution in [0.2, 0.25) is 0 Å². The lowest BCUT2D eigenvalue weighted by Gasteiger charge is -2.48. The van der Waals surface area contributed by atoms with Crippen molar-refractivity contribution in [3.05, 3.63) is 35.9 Å². The van der Waals surface area contributed by atoms with E-state index in [2.05, 4.69) is 61.0 Å². The molecule has 1 aromatic carbocycles. The molecule has 1 fully saturated rings. The van der Waals surface area contributed by atoms with Crippen LogP contribution in [0.5, 0.6) is 0 Å². The molecule has 1 saturated heterocycles. The van der Waals surface area contributed by atoms with Gasteiger partial charge in [-0.05, 0) is 37.6 Å². The molecule has 0 aliphatic carbocycles. The zero-order chi connectivity index (χ0) is 13.7. The van der Waals surface area contributed by atoms with Crippen LogP contribution in [0.4, 0.5) is 0 Å². The van der Waals surface area contributed by atoms with Crippen LogP contribution in [0.3, 0.4) is 0 Å². The van der Waals surface area contributed by atoms with E-state index in [0.29, 0.717) is 5.25 Å². The van der Waals surface area contributed by atoms with E-state index in [9.17, 15) is 0 Å². The number of hydrogen-bond acceptors (Lipinski definition) is 3. The highest BCUT2D eigenvalue weighted by Crippen LogP contribution is 2.37. The van der Waals surface area contributed by atoms with E-state index in [1.165, 1.54) is 24.2 Å². The van der Waals surface area contributed by atoms with Crippen molar-refractivity contribution in [1.29, 1.82) is 0 Å². The smallest absolute Gasteiger partial charge is 0.0444 e. The van der Waals surface area contributed by atoms with Crippen molar-refractivity contribution in [2.24, 2.45) is 5.73 Å². The van der Waals surface area contributed by atoms with Gasteiger partial charge in [-0.25, -0.2) is 0 Å². The van der Waals surface area contributed by atoms with Crippen molar-refractivity contribution >= 4 is 11.8 Å². The van der Waals surface area contributed by atoms with Crippen LogP contribution in [-0.4, -0.2) is 41.6 Å². The third-order valence-electron chi connectivity index (χ3n) is 4.57. The Kier molecular flexibility index (Phi) is 5.31. The molecule has 0 aromatic heterocycles. The first-order valence-electron chi connectivity index (χ1n) is 7.26. The molecule has 19 heavy (non-hydrogen) atoms. The van der Waals surface area contributed by atoms with Gasteiger partial charge in [0, 0.05) is 23.9 Å². The number of hydrogen-bond donors (Lipinski definition) is 1. The molecule has 0 saturated carbocycles. The minimum Gasteiger partial charge on any atom is -0.329 e. The Morgan fingerprint density at radius 3 is 2.74 bits per heavy atom. The lowest BCUT2D eigenvalue weighted by molar-refractivity contribution is 0.113. The van der Waals surface area contributed by atoms with Gasteiger partial charge in [0.15, 0.2) is 0 Å². The zero-order valence-corrected chi connectivity index (χ0v) is 13.0. The van der Waals surface area contributed by atoms with Gasteiger partial charge in [-0.3, -0.25) is 4.90 Å². The van der Waals surface area contributed by atoms with Gasteiger partial charge in [-0.2, -0.15) is 11.8 Å². The predicted molar refractivity (Wildman–Crippen MR) is 85.7 cm³/mol. The molecule has 2 N–H and O–H groups in total. The standard InChI is InChI=1S/C16H26N2S/c1-14-16(13-17,10-6-12-19-14)18(2)11-9-15-7-4-3-5-8-15/h3-5,7-8,14H,6,9-13,17H2,1-2H3. The number of rotatable bonds is 5. The second-order valence-corrected chi connectivity index (χ2v) is 7.03. The topological polar surface area (TPSA) is 29.3 Å². The Balaban J connectivity index is 1.98. The minimum absolute atomic E-state index is 0.192. The summed E-state index contributed by atoms with van der Waals surface area (Å²) in [5.41, 5.74) is 7.75. The Morgan fingerprint density at radius 1 is 1.37 bits per heavy atom. The van der Waals surface area contributed by atoms with E-state index < -0.39 is 0 Å². The van der Waals surface area contributed by atoms with E-state index in [4.69, 9.17) is 5.73 Å². The van der Waals surface area contributed by atoms with E-state index in [1.54, 1.807) is 0 Å². The molecule has 0 amide bonds. The molecule has 2 unspecified atom stereocenters. The van der Waals surface area contributed by atoms with Gasteiger partial charge in [0.2, 0.25) is 0 Å².